The quantitative estimate of drug-likeness (QED) is 0.623. The van der Waals surface area contributed by atoms with Gasteiger partial charge >= 0.3 is 0 Å². The molecule has 1 heterocycles. The van der Waals surface area contributed by atoms with Crippen LogP contribution in [-0.2, 0) is 6.54 Å². The van der Waals surface area contributed by atoms with Crippen LogP contribution < -0.4 is 5.73 Å². The molecule has 82 valence electrons. The highest BCUT2D eigenvalue weighted by Gasteiger charge is 2.18. The average molecular weight is 208 g/mol. The van der Waals surface area contributed by atoms with Crippen molar-refractivity contribution < 1.29 is 10.2 Å². The highest BCUT2D eigenvalue weighted by atomic mass is 16.3. The fraction of sp³-hybridized carbons (Fsp3) is 0.455. The molecule has 1 aromatic carbocycles. The van der Waals surface area contributed by atoms with Gasteiger partial charge in [0.15, 0.2) is 11.5 Å². The van der Waals surface area contributed by atoms with Gasteiger partial charge in [-0.1, -0.05) is 6.07 Å². The number of likely N-dealkylation sites (tertiary alicyclic amines) is 1. The third kappa shape index (κ3) is 2.40. The molecular formula is C11H16N2O2. The summed E-state index contributed by atoms with van der Waals surface area (Å²) in [6.45, 7) is 2.69. The first kappa shape index (κ1) is 10.3. The number of phenols is 2. The molecule has 4 nitrogen and oxygen atoms in total. The summed E-state index contributed by atoms with van der Waals surface area (Å²) in [5.41, 5.74) is 6.80. The Labute approximate surface area is 88.9 Å². The van der Waals surface area contributed by atoms with E-state index < -0.39 is 0 Å². The second-order valence-electron chi connectivity index (χ2n) is 4.11. The maximum absolute atomic E-state index is 9.33. The Balaban J connectivity index is 2.02. The van der Waals surface area contributed by atoms with Crippen molar-refractivity contribution in [2.75, 3.05) is 13.1 Å². The number of rotatable bonds is 2. The highest BCUT2D eigenvalue weighted by Crippen LogP contribution is 2.25. The fourth-order valence-electron chi connectivity index (χ4n) is 1.93. The predicted molar refractivity (Wildman–Crippen MR) is 57.6 cm³/mol. The van der Waals surface area contributed by atoms with Gasteiger partial charge in [-0.05, 0) is 24.1 Å². The lowest BCUT2D eigenvalue weighted by molar-refractivity contribution is 0.325. The van der Waals surface area contributed by atoms with E-state index in [2.05, 4.69) is 4.90 Å². The summed E-state index contributed by atoms with van der Waals surface area (Å²) in [6.07, 6.45) is 1.03. The summed E-state index contributed by atoms with van der Waals surface area (Å²) in [5.74, 6) is -0.132. The second-order valence-corrected chi connectivity index (χ2v) is 4.11. The average Bonchev–Trinajstić information content (AvgIpc) is 2.58. The van der Waals surface area contributed by atoms with Crippen LogP contribution in [0.1, 0.15) is 12.0 Å². The first-order chi connectivity index (χ1) is 7.15. The molecule has 1 saturated heterocycles. The minimum Gasteiger partial charge on any atom is -0.504 e. The Hall–Kier alpha value is -1.26. The molecule has 0 aromatic heterocycles. The molecule has 0 saturated carbocycles. The molecule has 1 aliphatic heterocycles. The van der Waals surface area contributed by atoms with Gasteiger partial charge in [-0.3, -0.25) is 4.90 Å². The van der Waals surface area contributed by atoms with Crippen molar-refractivity contribution in [3.8, 4) is 11.5 Å². The van der Waals surface area contributed by atoms with Crippen LogP contribution in [0.15, 0.2) is 18.2 Å². The number of nitrogens with two attached hydrogens (primary N) is 1. The minimum atomic E-state index is -0.0723. The zero-order chi connectivity index (χ0) is 10.8. The van der Waals surface area contributed by atoms with Gasteiger partial charge in [0.1, 0.15) is 0 Å². The SMILES string of the molecule is NC1CCN(Cc2ccc(O)c(O)c2)C1. The van der Waals surface area contributed by atoms with E-state index in [1.807, 2.05) is 6.07 Å². The van der Waals surface area contributed by atoms with Gasteiger partial charge in [0, 0.05) is 25.7 Å². The van der Waals surface area contributed by atoms with Crippen LogP contribution in [0.25, 0.3) is 0 Å². The molecule has 0 spiro atoms. The van der Waals surface area contributed by atoms with Gasteiger partial charge in [0.05, 0.1) is 0 Å². The molecule has 1 aliphatic rings. The molecule has 15 heavy (non-hydrogen) atoms. The number of nitrogens with zero attached hydrogens (tertiary/aromatic N) is 1. The monoisotopic (exact) mass is 208 g/mol. The van der Waals surface area contributed by atoms with Gasteiger partial charge in [-0.25, -0.2) is 0 Å². The van der Waals surface area contributed by atoms with Crippen LogP contribution in [0.3, 0.4) is 0 Å². The van der Waals surface area contributed by atoms with Crippen molar-refractivity contribution in [3.05, 3.63) is 23.8 Å². The molecule has 0 bridgehead atoms. The lowest BCUT2D eigenvalue weighted by Gasteiger charge is -2.15. The van der Waals surface area contributed by atoms with Crippen LogP contribution >= 0.6 is 0 Å². The molecule has 4 heteroatoms. The minimum absolute atomic E-state index is 0.0593. The second kappa shape index (κ2) is 4.08. The van der Waals surface area contributed by atoms with Crippen molar-refractivity contribution in [1.29, 1.82) is 0 Å². The van der Waals surface area contributed by atoms with E-state index in [4.69, 9.17) is 10.8 Å². The molecule has 0 radical (unpaired) electrons. The van der Waals surface area contributed by atoms with E-state index >= 15 is 0 Å². The van der Waals surface area contributed by atoms with E-state index in [9.17, 15) is 5.11 Å². The Bertz CT molecular complexity index is 354. The third-order valence-electron chi connectivity index (χ3n) is 2.75. The van der Waals surface area contributed by atoms with E-state index in [0.29, 0.717) is 0 Å². The molecule has 1 aromatic rings. The van der Waals surface area contributed by atoms with Crippen LogP contribution in [0, 0.1) is 0 Å². The smallest absolute Gasteiger partial charge is 0.157 e. The predicted octanol–water partition coefficient (Wildman–Crippen LogP) is 0.631. The molecule has 4 N–H and O–H groups in total. The molecule has 1 atom stereocenters. The molecule has 1 unspecified atom stereocenters. The van der Waals surface area contributed by atoms with Crippen molar-refractivity contribution in [1.82, 2.24) is 4.90 Å². The Morgan fingerprint density at radius 1 is 1.33 bits per heavy atom. The first-order valence-corrected chi connectivity index (χ1v) is 5.14. The number of hydrogen-bond donors (Lipinski definition) is 3. The third-order valence-corrected chi connectivity index (χ3v) is 2.75. The van der Waals surface area contributed by atoms with Crippen molar-refractivity contribution in [2.24, 2.45) is 5.73 Å². The van der Waals surface area contributed by atoms with E-state index in [-0.39, 0.29) is 17.5 Å². The Morgan fingerprint density at radius 3 is 2.73 bits per heavy atom. The van der Waals surface area contributed by atoms with Crippen molar-refractivity contribution in [3.63, 3.8) is 0 Å². The summed E-state index contributed by atoms with van der Waals surface area (Å²) in [5, 5.41) is 18.5. The molecule has 2 rings (SSSR count). The van der Waals surface area contributed by atoms with Gasteiger partial charge in [0.2, 0.25) is 0 Å². The summed E-state index contributed by atoms with van der Waals surface area (Å²) in [7, 11) is 0. The molecule has 0 amide bonds. The number of benzene rings is 1. The van der Waals surface area contributed by atoms with E-state index in [1.54, 1.807) is 6.07 Å². The number of hydrogen-bond acceptors (Lipinski definition) is 4. The lowest BCUT2D eigenvalue weighted by atomic mass is 10.2. The lowest BCUT2D eigenvalue weighted by Crippen LogP contribution is -2.26. The molecule has 1 fully saturated rings. The summed E-state index contributed by atoms with van der Waals surface area (Å²) < 4.78 is 0. The summed E-state index contributed by atoms with van der Waals surface area (Å²) >= 11 is 0. The van der Waals surface area contributed by atoms with Crippen molar-refractivity contribution in [2.45, 2.75) is 19.0 Å². The highest BCUT2D eigenvalue weighted by molar-refractivity contribution is 5.40. The number of phenolic OH excluding ortho intramolecular Hbond substituents is 2. The van der Waals surface area contributed by atoms with Crippen LogP contribution in [0.2, 0.25) is 0 Å². The normalized spacial score (nSPS) is 22.1. The standard InChI is InChI=1S/C11H16N2O2/c12-9-3-4-13(7-9)6-8-1-2-10(14)11(15)5-8/h1-2,5,9,14-15H,3-4,6-7,12H2. The van der Waals surface area contributed by atoms with Crippen LogP contribution in [0.5, 0.6) is 11.5 Å². The van der Waals surface area contributed by atoms with E-state index in [1.165, 1.54) is 6.07 Å². The molecular weight excluding hydrogens is 192 g/mol. The Kier molecular flexibility index (Phi) is 2.79. The maximum atomic E-state index is 9.33. The van der Waals surface area contributed by atoms with Gasteiger partial charge < -0.3 is 15.9 Å². The van der Waals surface area contributed by atoms with Gasteiger partial charge in [-0.2, -0.15) is 0 Å². The summed E-state index contributed by atoms with van der Waals surface area (Å²) in [6, 6.07) is 5.20. The number of aromatic hydroxyl groups is 2. The fourth-order valence-corrected chi connectivity index (χ4v) is 1.93. The largest absolute Gasteiger partial charge is 0.504 e. The Morgan fingerprint density at radius 2 is 2.13 bits per heavy atom. The van der Waals surface area contributed by atoms with Gasteiger partial charge in [0.25, 0.3) is 0 Å². The first-order valence-electron chi connectivity index (χ1n) is 5.14. The maximum Gasteiger partial charge on any atom is 0.157 e. The van der Waals surface area contributed by atoms with Crippen molar-refractivity contribution >= 4 is 0 Å². The van der Waals surface area contributed by atoms with Crippen LogP contribution in [-0.4, -0.2) is 34.2 Å². The van der Waals surface area contributed by atoms with E-state index in [0.717, 1.165) is 31.6 Å². The zero-order valence-corrected chi connectivity index (χ0v) is 8.56. The topological polar surface area (TPSA) is 69.7 Å². The van der Waals surface area contributed by atoms with Gasteiger partial charge in [-0.15, -0.1) is 0 Å². The molecule has 0 aliphatic carbocycles. The van der Waals surface area contributed by atoms with Crippen LogP contribution in [0.4, 0.5) is 0 Å². The summed E-state index contributed by atoms with van der Waals surface area (Å²) in [4.78, 5) is 2.25. The zero-order valence-electron chi connectivity index (χ0n) is 8.56.